The van der Waals surface area contributed by atoms with Gasteiger partial charge in [0.05, 0.1) is 6.42 Å². The second kappa shape index (κ2) is 4.33. The molecule has 70 valence electrons. The van der Waals surface area contributed by atoms with Crippen molar-refractivity contribution >= 4 is 11.6 Å². The van der Waals surface area contributed by atoms with E-state index in [2.05, 4.69) is 0 Å². The van der Waals surface area contributed by atoms with Crippen LogP contribution in [0.2, 0.25) is 0 Å². The largest absolute Gasteiger partial charge is 0.360 e. The third-order valence-electron chi connectivity index (χ3n) is 1.45. The van der Waals surface area contributed by atoms with Gasteiger partial charge in [0.2, 0.25) is 5.79 Å². The Kier molecular flexibility index (Phi) is 4.06. The highest BCUT2D eigenvalue weighted by Gasteiger charge is 2.31. The summed E-state index contributed by atoms with van der Waals surface area (Å²) in [5.41, 5.74) is 0. The first-order chi connectivity index (χ1) is 5.40. The van der Waals surface area contributed by atoms with Crippen LogP contribution in [0.5, 0.6) is 0 Å². The number of hydrogen-bond acceptors (Lipinski definition) is 4. The molecule has 4 nitrogen and oxygen atoms in total. The minimum Gasteiger partial charge on any atom is -0.360 e. The highest BCUT2D eigenvalue weighted by Crippen LogP contribution is 2.12. The Balaban J connectivity index is 4.15. The Labute approximate surface area is 71.2 Å². The van der Waals surface area contributed by atoms with Gasteiger partial charge in [-0.25, -0.2) is 0 Å². The summed E-state index contributed by atoms with van der Waals surface area (Å²) in [4.78, 5) is 21.4. The van der Waals surface area contributed by atoms with Crippen LogP contribution >= 0.6 is 0 Å². The maximum absolute atomic E-state index is 10.9. The van der Waals surface area contributed by atoms with Gasteiger partial charge in [-0.05, 0) is 6.92 Å². The average Bonchev–Trinajstić information content (AvgIpc) is 1.85. The highest BCUT2D eigenvalue weighted by molar-refractivity contribution is 6.01. The fourth-order valence-electron chi connectivity index (χ4n) is 0.856. The van der Waals surface area contributed by atoms with Crippen LogP contribution in [0.3, 0.4) is 0 Å². The average molecular weight is 174 g/mol. The monoisotopic (exact) mass is 174 g/mol. The fraction of sp³-hybridized carbons (Fsp3) is 0.750. The quantitative estimate of drug-likeness (QED) is 0.455. The molecule has 0 spiro atoms. The third-order valence-corrected chi connectivity index (χ3v) is 1.45. The summed E-state index contributed by atoms with van der Waals surface area (Å²) in [5, 5.41) is 18.2. The molecule has 0 fully saturated rings. The molecule has 0 aliphatic heterocycles. The smallest absolute Gasteiger partial charge is 0.224 e. The van der Waals surface area contributed by atoms with Gasteiger partial charge in [0.15, 0.2) is 5.78 Å². The molecule has 0 aromatic rings. The zero-order chi connectivity index (χ0) is 9.78. The lowest BCUT2D eigenvalue weighted by Crippen LogP contribution is -2.39. The van der Waals surface area contributed by atoms with Crippen molar-refractivity contribution in [2.24, 2.45) is 0 Å². The normalized spacial score (nSPS) is 11.3. The van der Waals surface area contributed by atoms with Gasteiger partial charge in [0, 0.05) is 6.42 Å². The molecule has 0 rings (SSSR count). The molecule has 0 saturated heterocycles. The number of ketones is 2. The van der Waals surface area contributed by atoms with Crippen LogP contribution in [-0.2, 0) is 9.59 Å². The Hall–Kier alpha value is -0.740. The van der Waals surface area contributed by atoms with Gasteiger partial charge < -0.3 is 10.2 Å². The van der Waals surface area contributed by atoms with Crippen LogP contribution in [0, 0.1) is 0 Å². The SMILES string of the molecule is CCCC(O)(O)C(=O)CC(C)=O. The first-order valence-corrected chi connectivity index (χ1v) is 3.87. The van der Waals surface area contributed by atoms with Gasteiger partial charge in [-0.3, -0.25) is 9.59 Å². The van der Waals surface area contributed by atoms with E-state index in [1.165, 1.54) is 6.92 Å². The lowest BCUT2D eigenvalue weighted by Gasteiger charge is -2.18. The van der Waals surface area contributed by atoms with Crippen molar-refractivity contribution in [3.05, 3.63) is 0 Å². The van der Waals surface area contributed by atoms with E-state index in [1.54, 1.807) is 6.92 Å². The zero-order valence-electron chi connectivity index (χ0n) is 7.33. The van der Waals surface area contributed by atoms with Crippen molar-refractivity contribution in [3.63, 3.8) is 0 Å². The maximum atomic E-state index is 10.9. The Bertz CT molecular complexity index is 183. The van der Waals surface area contributed by atoms with Crippen molar-refractivity contribution in [1.29, 1.82) is 0 Å². The predicted molar refractivity (Wildman–Crippen MR) is 42.4 cm³/mol. The third kappa shape index (κ3) is 3.59. The lowest BCUT2D eigenvalue weighted by atomic mass is 10.0. The number of aliphatic hydroxyl groups is 2. The maximum Gasteiger partial charge on any atom is 0.224 e. The van der Waals surface area contributed by atoms with E-state index in [9.17, 15) is 9.59 Å². The van der Waals surface area contributed by atoms with E-state index >= 15 is 0 Å². The molecule has 2 N–H and O–H groups in total. The molecule has 0 radical (unpaired) electrons. The van der Waals surface area contributed by atoms with Gasteiger partial charge in [-0.1, -0.05) is 13.3 Å². The standard InChI is InChI=1S/C8H14O4/c1-3-4-8(11,12)7(10)5-6(2)9/h11-12H,3-5H2,1-2H3. The van der Waals surface area contributed by atoms with Gasteiger partial charge in [0.25, 0.3) is 0 Å². The van der Waals surface area contributed by atoms with Crippen LogP contribution < -0.4 is 0 Å². The summed E-state index contributed by atoms with van der Waals surface area (Å²) in [5.74, 6) is -3.50. The molecule has 0 saturated carbocycles. The summed E-state index contributed by atoms with van der Waals surface area (Å²) in [6.45, 7) is 2.96. The summed E-state index contributed by atoms with van der Waals surface area (Å²) >= 11 is 0. The molecule has 12 heavy (non-hydrogen) atoms. The number of hydrogen-bond donors (Lipinski definition) is 2. The first kappa shape index (κ1) is 11.3. The minimum atomic E-state index is -2.32. The summed E-state index contributed by atoms with van der Waals surface area (Å²) in [7, 11) is 0. The predicted octanol–water partition coefficient (Wildman–Crippen LogP) is 0.0156. The zero-order valence-corrected chi connectivity index (χ0v) is 7.33. The van der Waals surface area contributed by atoms with Crippen LogP contribution in [-0.4, -0.2) is 27.6 Å². The van der Waals surface area contributed by atoms with E-state index in [0.717, 1.165) is 0 Å². The van der Waals surface area contributed by atoms with Gasteiger partial charge in [-0.2, -0.15) is 0 Å². The molecule has 4 heteroatoms. The van der Waals surface area contributed by atoms with Crippen molar-refractivity contribution in [2.75, 3.05) is 0 Å². The van der Waals surface area contributed by atoms with Gasteiger partial charge >= 0.3 is 0 Å². The van der Waals surface area contributed by atoms with Gasteiger partial charge in [0.1, 0.15) is 5.78 Å². The van der Waals surface area contributed by atoms with E-state index in [0.29, 0.717) is 6.42 Å². The number of Topliss-reactive ketones (excluding diaryl/α,β-unsaturated/α-hetero) is 2. The number of carbonyl (C=O) groups excluding carboxylic acids is 2. The van der Waals surface area contributed by atoms with Crippen LogP contribution in [0.25, 0.3) is 0 Å². The summed E-state index contributed by atoms with van der Waals surface area (Å²) in [6.07, 6.45) is 0.0444. The molecule has 0 aromatic carbocycles. The van der Waals surface area contributed by atoms with Crippen molar-refractivity contribution in [1.82, 2.24) is 0 Å². The molecular formula is C8H14O4. The Morgan fingerprint density at radius 2 is 1.83 bits per heavy atom. The summed E-state index contributed by atoms with van der Waals surface area (Å²) < 4.78 is 0. The van der Waals surface area contributed by atoms with Crippen molar-refractivity contribution in [3.8, 4) is 0 Å². The lowest BCUT2D eigenvalue weighted by molar-refractivity contribution is -0.185. The van der Waals surface area contributed by atoms with Crippen LogP contribution in [0.15, 0.2) is 0 Å². The highest BCUT2D eigenvalue weighted by atomic mass is 16.5. The topological polar surface area (TPSA) is 74.6 Å². The molecule has 0 heterocycles. The molecule has 0 unspecified atom stereocenters. The molecular weight excluding hydrogens is 160 g/mol. The van der Waals surface area contributed by atoms with E-state index in [4.69, 9.17) is 10.2 Å². The molecule has 0 amide bonds. The van der Waals surface area contributed by atoms with Crippen molar-refractivity contribution in [2.45, 2.75) is 38.9 Å². The second-order valence-electron chi connectivity index (χ2n) is 2.87. The van der Waals surface area contributed by atoms with E-state index in [1.807, 2.05) is 0 Å². The molecule has 0 aliphatic rings. The number of carbonyl (C=O) groups is 2. The summed E-state index contributed by atoms with van der Waals surface area (Å²) in [6, 6.07) is 0. The van der Waals surface area contributed by atoms with Crippen LogP contribution in [0.1, 0.15) is 33.1 Å². The van der Waals surface area contributed by atoms with E-state index in [-0.39, 0.29) is 12.2 Å². The number of rotatable bonds is 5. The second-order valence-corrected chi connectivity index (χ2v) is 2.87. The molecule has 0 aromatic heterocycles. The van der Waals surface area contributed by atoms with Crippen LogP contribution in [0.4, 0.5) is 0 Å². The van der Waals surface area contributed by atoms with E-state index < -0.39 is 18.0 Å². The first-order valence-electron chi connectivity index (χ1n) is 3.87. The molecule has 0 bridgehead atoms. The van der Waals surface area contributed by atoms with Crippen molar-refractivity contribution < 1.29 is 19.8 Å². The fourth-order valence-corrected chi connectivity index (χ4v) is 0.856. The molecule has 0 atom stereocenters. The Morgan fingerprint density at radius 3 is 2.17 bits per heavy atom. The Morgan fingerprint density at radius 1 is 1.33 bits per heavy atom. The molecule has 0 aliphatic carbocycles. The minimum absolute atomic E-state index is 0.0287. The van der Waals surface area contributed by atoms with Gasteiger partial charge in [-0.15, -0.1) is 0 Å².